The predicted molar refractivity (Wildman–Crippen MR) is 42.6 cm³/mol. The van der Waals surface area contributed by atoms with Crippen LogP contribution in [0.15, 0.2) is 12.4 Å². The molecule has 1 N–H and O–H groups in total. The highest BCUT2D eigenvalue weighted by molar-refractivity contribution is 5.99. The van der Waals surface area contributed by atoms with E-state index in [0.29, 0.717) is 5.78 Å². The average molecular weight is 149 g/mol. The number of aryl methyl sites for hydroxylation is 1. The van der Waals surface area contributed by atoms with Gasteiger partial charge < -0.3 is 4.98 Å². The van der Waals surface area contributed by atoms with Gasteiger partial charge in [-0.05, 0) is 18.4 Å². The minimum Gasteiger partial charge on any atom is -0.367 e. The smallest absolute Gasteiger partial charge is 0.167 e. The molecule has 0 saturated carbocycles. The van der Waals surface area contributed by atoms with E-state index in [2.05, 4.69) is 4.98 Å². The van der Waals surface area contributed by atoms with Crippen molar-refractivity contribution in [3.63, 3.8) is 0 Å². The molecule has 1 unspecified atom stereocenters. The zero-order valence-corrected chi connectivity index (χ0v) is 6.55. The molecule has 0 amide bonds. The number of aromatic nitrogens is 1. The third-order valence-corrected chi connectivity index (χ3v) is 2.39. The van der Waals surface area contributed by atoms with Crippen LogP contribution in [0.5, 0.6) is 0 Å². The molecular weight excluding hydrogens is 138 g/mol. The van der Waals surface area contributed by atoms with Crippen molar-refractivity contribution >= 4 is 5.78 Å². The number of hydrogen-bond donors (Lipinski definition) is 1. The van der Waals surface area contributed by atoms with Crippen molar-refractivity contribution in [2.45, 2.75) is 19.8 Å². The van der Waals surface area contributed by atoms with Crippen LogP contribution in [0.25, 0.3) is 0 Å². The van der Waals surface area contributed by atoms with Crippen LogP contribution in [0.2, 0.25) is 0 Å². The summed E-state index contributed by atoms with van der Waals surface area (Å²) < 4.78 is 0. The van der Waals surface area contributed by atoms with Gasteiger partial charge in [0.1, 0.15) is 0 Å². The summed E-state index contributed by atoms with van der Waals surface area (Å²) in [5, 5.41) is 0. The standard InChI is InChI=1S/C9H11NO/c1-6-2-3-7-4-10-5-8(7)9(6)11/h4-6,10H,2-3H2,1H3. The molecule has 2 rings (SSSR count). The van der Waals surface area contributed by atoms with Gasteiger partial charge in [0.2, 0.25) is 0 Å². The molecule has 1 aromatic rings. The number of fused-ring (bicyclic) bond motifs is 1. The quantitative estimate of drug-likeness (QED) is 0.599. The lowest BCUT2D eigenvalue weighted by atomic mass is 9.86. The summed E-state index contributed by atoms with van der Waals surface area (Å²) >= 11 is 0. The molecule has 11 heavy (non-hydrogen) atoms. The summed E-state index contributed by atoms with van der Waals surface area (Å²) in [5.74, 6) is 0.519. The van der Waals surface area contributed by atoms with Crippen LogP contribution in [0.3, 0.4) is 0 Å². The Kier molecular flexibility index (Phi) is 1.34. The van der Waals surface area contributed by atoms with Crippen molar-refractivity contribution in [3.8, 4) is 0 Å². The maximum Gasteiger partial charge on any atom is 0.167 e. The zero-order chi connectivity index (χ0) is 7.84. The van der Waals surface area contributed by atoms with Gasteiger partial charge in [-0.25, -0.2) is 0 Å². The first-order valence-corrected chi connectivity index (χ1v) is 3.99. The molecule has 0 fully saturated rings. The van der Waals surface area contributed by atoms with Crippen LogP contribution >= 0.6 is 0 Å². The fourth-order valence-electron chi connectivity index (χ4n) is 1.60. The normalized spacial score (nSPS) is 23.4. The van der Waals surface area contributed by atoms with Crippen molar-refractivity contribution in [3.05, 3.63) is 23.5 Å². The van der Waals surface area contributed by atoms with Crippen LogP contribution in [0.1, 0.15) is 29.3 Å². The van der Waals surface area contributed by atoms with Crippen LogP contribution in [-0.2, 0) is 6.42 Å². The molecule has 58 valence electrons. The molecule has 0 aromatic carbocycles. The lowest BCUT2D eigenvalue weighted by Gasteiger charge is -2.15. The highest BCUT2D eigenvalue weighted by Gasteiger charge is 2.23. The number of aromatic amines is 1. The largest absolute Gasteiger partial charge is 0.367 e. The number of carbonyl (C=O) groups excluding carboxylic acids is 1. The van der Waals surface area contributed by atoms with Crippen molar-refractivity contribution in [1.82, 2.24) is 4.98 Å². The molecule has 0 aliphatic heterocycles. The fourth-order valence-corrected chi connectivity index (χ4v) is 1.60. The number of rotatable bonds is 0. The molecule has 2 heteroatoms. The summed E-state index contributed by atoms with van der Waals surface area (Å²) in [4.78, 5) is 14.4. The number of nitrogens with one attached hydrogen (secondary N) is 1. The van der Waals surface area contributed by atoms with Crippen LogP contribution in [-0.4, -0.2) is 10.8 Å². The van der Waals surface area contributed by atoms with Crippen molar-refractivity contribution in [1.29, 1.82) is 0 Å². The second-order valence-electron chi connectivity index (χ2n) is 3.20. The summed E-state index contributed by atoms with van der Waals surface area (Å²) in [7, 11) is 0. The van der Waals surface area contributed by atoms with E-state index in [1.165, 1.54) is 5.56 Å². The van der Waals surface area contributed by atoms with E-state index in [-0.39, 0.29) is 5.92 Å². The van der Waals surface area contributed by atoms with Crippen LogP contribution in [0, 0.1) is 5.92 Å². The van der Waals surface area contributed by atoms with Gasteiger partial charge in [-0.2, -0.15) is 0 Å². The van der Waals surface area contributed by atoms with Crippen molar-refractivity contribution in [2.24, 2.45) is 5.92 Å². The molecule has 1 atom stereocenters. The molecule has 0 spiro atoms. The first-order valence-electron chi connectivity index (χ1n) is 3.99. The van der Waals surface area contributed by atoms with Crippen molar-refractivity contribution in [2.75, 3.05) is 0 Å². The molecule has 1 aliphatic rings. The van der Waals surface area contributed by atoms with E-state index in [1.807, 2.05) is 19.3 Å². The van der Waals surface area contributed by atoms with Gasteiger partial charge in [0.25, 0.3) is 0 Å². The first kappa shape index (κ1) is 6.65. The lowest BCUT2D eigenvalue weighted by molar-refractivity contribution is 0.0914. The molecule has 0 saturated heterocycles. The third kappa shape index (κ3) is 0.897. The SMILES string of the molecule is CC1CCc2c[nH]cc2C1=O. The summed E-state index contributed by atoms with van der Waals surface area (Å²) in [5.41, 5.74) is 2.09. The highest BCUT2D eigenvalue weighted by atomic mass is 16.1. The Balaban J connectivity index is 2.46. The van der Waals surface area contributed by atoms with E-state index in [1.54, 1.807) is 0 Å². The molecular formula is C9H11NO. The Morgan fingerprint density at radius 2 is 2.36 bits per heavy atom. The maximum atomic E-state index is 11.5. The Morgan fingerprint density at radius 3 is 3.18 bits per heavy atom. The number of carbonyl (C=O) groups is 1. The van der Waals surface area contributed by atoms with Gasteiger partial charge in [0, 0.05) is 23.9 Å². The summed E-state index contributed by atoms with van der Waals surface area (Å²) in [6.45, 7) is 2.00. The first-order chi connectivity index (χ1) is 5.29. The van der Waals surface area contributed by atoms with Gasteiger partial charge in [-0.3, -0.25) is 4.79 Å². The van der Waals surface area contributed by atoms with Crippen LogP contribution < -0.4 is 0 Å². The van der Waals surface area contributed by atoms with E-state index in [0.717, 1.165) is 18.4 Å². The summed E-state index contributed by atoms with van der Waals surface area (Å²) in [6.07, 6.45) is 5.79. The second-order valence-corrected chi connectivity index (χ2v) is 3.20. The number of H-pyrrole nitrogens is 1. The molecule has 2 nitrogen and oxygen atoms in total. The topological polar surface area (TPSA) is 32.9 Å². The predicted octanol–water partition coefficient (Wildman–Crippen LogP) is 1.78. The Bertz CT molecular complexity index is 288. The average Bonchev–Trinajstić information content (AvgIpc) is 2.45. The third-order valence-electron chi connectivity index (χ3n) is 2.39. The van der Waals surface area contributed by atoms with Gasteiger partial charge in [-0.15, -0.1) is 0 Å². The second kappa shape index (κ2) is 2.22. The monoisotopic (exact) mass is 149 g/mol. The highest BCUT2D eigenvalue weighted by Crippen LogP contribution is 2.24. The molecule has 1 aliphatic carbocycles. The number of ketones is 1. The Morgan fingerprint density at radius 1 is 1.55 bits per heavy atom. The van der Waals surface area contributed by atoms with Gasteiger partial charge in [0.15, 0.2) is 5.78 Å². The zero-order valence-electron chi connectivity index (χ0n) is 6.55. The summed E-state index contributed by atoms with van der Waals surface area (Å²) in [6, 6.07) is 0. The number of hydrogen-bond acceptors (Lipinski definition) is 1. The van der Waals surface area contributed by atoms with Crippen LogP contribution in [0.4, 0.5) is 0 Å². The van der Waals surface area contributed by atoms with Gasteiger partial charge >= 0.3 is 0 Å². The Labute approximate surface area is 65.6 Å². The van der Waals surface area contributed by atoms with E-state index in [4.69, 9.17) is 0 Å². The minimum absolute atomic E-state index is 0.221. The van der Waals surface area contributed by atoms with Gasteiger partial charge in [-0.1, -0.05) is 6.92 Å². The number of Topliss-reactive ketones (excluding diaryl/α,β-unsaturated/α-hetero) is 1. The van der Waals surface area contributed by atoms with E-state index >= 15 is 0 Å². The lowest BCUT2D eigenvalue weighted by Crippen LogP contribution is -2.18. The Hall–Kier alpha value is -1.05. The molecule has 0 radical (unpaired) electrons. The molecule has 0 bridgehead atoms. The minimum atomic E-state index is 0.221. The molecule has 1 heterocycles. The van der Waals surface area contributed by atoms with E-state index in [9.17, 15) is 4.79 Å². The van der Waals surface area contributed by atoms with E-state index < -0.39 is 0 Å². The fraction of sp³-hybridized carbons (Fsp3) is 0.444. The molecule has 1 aromatic heterocycles. The maximum absolute atomic E-state index is 11.5. The van der Waals surface area contributed by atoms with Crippen molar-refractivity contribution < 1.29 is 4.79 Å². The van der Waals surface area contributed by atoms with Gasteiger partial charge in [0.05, 0.1) is 0 Å².